The van der Waals surface area contributed by atoms with E-state index in [0.717, 1.165) is 11.1 Å². The Kier molecular flexibility index (Phi) is 12.9. The maximum Gasteiger partial charge on any atom is 0.187 e. The van der Waals surface area contributed by atoms with Gasteiger partial charge in [-0.25, -0.2) is 0 Å². The smallest absolute Gasteiger partial charge is 0.187 e. The van der Waals surface area contributed by atoms with Crippen molar-refractivity contribution >= 4 is 11.8 Å². The normalized spacial score (nSPS) is 34.0. The van der Waals surface area contributed by atoms with Crippen molar-refractivity contribution in [2.75, 3.05) is 41.3 Å². The highest BCUT2D eigenvalue weighted by Gasteiger charge is 2.52. The predicted octanol–water partition coefficient (Wildman–Crippen LogP) is 4.07. The van der Waals surface area contributed by atoms with Gasteiger partial charge >= 0.3 is 0 Å². The van der Waals surface area contributed by atoms with Gasteiger partial charge in [0.2, 0.25) is 0 Å². The zero-order valence-electron chi connectivity index (χ0n) is 24.8. The lowest BCUT2D eigenvalue weighted by Crippen LogP contribution is -2.65. The van der Waals surface area contributed by atoms with Gasteiger partial charge in [-0.1, -0.05) is 60.7 Å². The van der Waals surface area contributed by atoms with Gasteiger partial charge in [0.05, 0.1) is 25.9 Å². The molecular weight excluding hydrogens is 548 g/mol. The van der Waals surface area contributed by atoms with Gasteiger partial charge in [-0.15, -0.1) is 11.8 Å². The van der Waals surface area contributed by atoms with Crippen LogP contribution in [0.5, 0.6) is 0 Å². The SMILES string of the molecule is COC[C@H]1O[C@@H](O[C@@H]2[C@@H](OC)[C@@H](OC)[C@H](SC)O[C@H]2C)[C@H](OCc2ccccc2)[C@@H](OC)[C@@H]1OCc1ccccc1. The summed E-state index contributed by atoms with van der Waals surface area (Å²) in [6.07, 6.45) is -2.45. The number of hydrogen-bond acceptors (Lipinski definition) is 10. The molecule has 10 heteroatoms. The zero-order chi connectivity index (χ0) is 29.2. The van der Waals surface area contributed by atoms with Crippen molar-refractivity contribution in [1.82, 2.24) is 0 Å². The molecule has 2 aliphatic heterocycles. The van der Waals surface area contributed by atoms with Gasteiger partial charge in [0.15, 0.2) is 6.29 Å². The molecule has 2 heterocycles. The number of thioether (sulfide) groups is 1. The Balaban J connectivity index is 1.61. The maximum absolute atomic E-state index is 6.72. The van der Waals surface area contributed by atoms with Crippen LogP contribution in [0.2, 0.25) is 0 Å². The molecular formula is C31H44O9S. The first-order valence-corrected chi connectivity index (χ1v) is 15.2. The molecule has 2 aromatic carbocycles. The molecule has 0 bridgehead atoms. The molecule has 0 spiro atoms. The second-order valence-corrected chi connectivity index (χ2v) is 11.1. The highest BCUT2D eigenvalue weighted by atomic mass is 32.2. The summed E-state index contributed by atoms with van der Waals surface area (Å²) >= 11 is 1.58. The van der Waals surface area contributed by atoms with Crippen LogP contribution in [-0.4, -0.2) is 102 Å². The second-order valence-electron chi connectivity index (χ2n) is 10.2. The Morgan fingerprint density at radius 3 is 1.71 bits per heavy atom. The van der Waals surface area contributed by atoms with E-state index < -0.39 is 42.9 Å². The Labute approximate surface area is 248 Å². The maximum atomic E-state index is 6.72. The molecule has 0 amide bonds. The lowest BCUT2D eigenvalue weighted by Gasteiger charge is -2.49. The Morgan fingerprint density at radius 1 is 0.659 bits per heavy atom. The Hall–Kier alpha value is -1.57. The fourth-order valence-electron chi connectivity index (χ4n) is 5.49. The fourth-order valence-corrected chi connectivity index (χ4v) is 6.31. The third kappa shape index (κ3) is 8.08. The molecule has 4 rings (SSSR count). The average Bonchev–Trinajstić information content (AvgIpc) is 3.01. The number of hydrogen-bond donors (Lipinski definition) is 0. The standard InChI is InChI=1S/C31H44O9S/c1-20-24(26(33-3)29(35-5)31(38-20)41-6)40-30-28(37-18-22-15-11-8-12-16-22)27(34-4)25(23(39-30)19-32-2)36-17-21-13-9-7-10-14-21/h7-16,20,23-31H,17-19H2,1-6H3/t20-,23+,24-,25+,26+,27-,28+,29+,30-,31-/m0/s1. The van der Waals surface area contributed by atoms with Gasteiger partial charge < -0.3 is 42.6 Å². The summed E-state index contributed by atoms with van der Waals surface area (Å²) < 4.78 is 55.9. The summed E-state index contributed by atoms with van der Waals surface area (Å²) in [7, 11) is 6.61. The van der Waals surface area contributed by atoms with Crippen LogP contribution < -0.4 is 0 Å². The summed E-state index contributed by atoms with van der Waals surface area (Å²) in [5, 5.41) is 0. The number of rotatable bonds is 14. The minimum Gasteiger partial charge on any atom is -0.382 e. The van der Waals surface area contributed by atoms with E-state index >= 15 is 0 Å². The van der Waals surface area contributed by atoms with Gasteiger partial charge in [0.25, 0.3) is 0 Å². The molecule has 41 heavy (non-hydrogen) atoms. The average molecular weight is 593 g/mol. The molecule has 0 aromatic heterocycles. The fraction of sp³-hybridized carbons (Fsp3) is 0.613. The molecule has 9 nitrogen and oxygen atoms in total. The summed E-state index contributed by atoms with van der Waals surface area (Å²) in [4.78, 5) is 0. The van der Waals surface area contributed by atoms with E-state index in [1.54, 1.807) is 40.2 Å². The van der Waals surface area contributed by atoms with Gasteiger partial charge in [-0.2, -0.15) is 0 Å². The van der Waals surface area contributed by atoms with Crippen molar-refractivity contribution in [3.8, 4) is 0 Å². The van der Waals surface area contributed by atoms with Crippen molar-refractivity contribution < 1.29 is 42.6 Å². The largest absolute Gasteiger partial charge is 0.382 e. The molecule has 0 unspecified atom stereocenters. The van der Waals surface area contributed by atoms with Gasteiger partial charge in [0.1, 0.15) is 48.2 Å². The highest BCUT2D eigenvalue weighted by Crippen LogP contribution is 2.36. The van der Waals surface area contributed by atoms with E-state index in [-0.39, 0.29) is 24.3 Å². The van der Waals surface area contributed by atoms with Gasteiger partial charge in [0, 0.05) is 28.4 Å². The van der Waals surface area contributed by atoms with E-state index in [1.165, 1.54) is 0 Å². The highest BCUT2D eigenvalue weighted by molar-refractivity contribution is 7.99. The molecule has 2 saturated heterocycles. The molecule has 0 radical (unpaired) electrons. The quantitative estimate of drug-likeness (QED) is 0.320. The molecule has 2 aromatic rings. The summed E-state index contributed by atoms with van der Waals surface area (Å²) in [5.74, 6) is 0. The van der Waals surface area contributed by atoms with Crippen molar-refractivity contribution in [3.63, 3.8) is 0 Å². The number of methoxy groups -OCH3 is 4. The van der Waals surface area contributed by atoms with Crippen LogP contribution in [0, 0.1) is 0 Å². The molecule has 0 saturated carbocycles. The molecule has 0 aliphatic carbocycles. The Morgan fingerprint density at radius 2 is 1.20 bits per heavy atom. The van der Waals surface area contributed by atoms with Crippen LogP contribution >= 0.6 is 11.8 Å². The van der Waals surface area contributed by atoms with Crippen molar-refractivity contribution in [2.24, 2.45) is 0 Å². The Bertz CT molecular complexity index is 1000. The van der Waals surface area contributed by atoms with Crippen LogP contribution in [-0.2, 0) is 55.8 Å². The molecule has 2 aliphatic rings. The predicted molar refractivity (Wildman–Crippen MR) is 156 cm³/mol. The summed E-state index contributed by atoms with van der Waals surface area (Å²) in [6.45, 7) is 2.98. The van der Waals surface area contributed by atoms with Crippen LogP contribution in [0.15, 0.2) is 60.7 Å². The van der Waals surface area contributed by atoms with E-state index in [2.05, 4.69) is 0 Å². The molecule has 2 fully saturated rings. The summed E-state index contributed by atoms with van der Waals surface area (Å²) in [5.41, 5.74) is 1.87. The third-order valence-corrected chi connectivity index (χ3v) is 8.40. The van der Waals surface area contributed by atoms with Crippen LogP contribution in [0.4, 0.5) is 0 Å². The van der Waals surface area contributed by atoms with E-state index in [4.69, 9.17) is 42.6 Å². The second kappa shape index (κ2) is 16.3. The van der Waals surface area contributed by atoms with Gasteiger partial charge in [-0.3, -0.25) is 0 Å². The first kappa shape index (κ1) is 32.3. The number of ether oxygens (including phenoxy) is 9. The number of benzene rings is 2. The van der Waals surface area contributed by atoms with Gasteiger partial charge in [-0.05, 0) is 24.3 Å². The summed E-state index contributed by atoms with van der Waals surface area (Å²) in [6, 6.07) is 20.0. The first-order chi connectivity index (χ1) is 20.0. The molecule has 10 atom stereocenters. The van der Waals surface area contributed by atoms with E-state index in [0.29, 0.717) is 13.2 Å². The van der Waals surface area contributed by atoms with E-state index in [1.807, 2.05) is 73.8 Å². The monoisotopic (exact) mass is 592 g/mol. The zero-order valence-corrected chi connectivity index (χ0v) is 25.6. The third-order valence-electron chi connectivity index (χ3n) is 7.56. The van der Waals surface area contributed by atoms with Crippen LogP contribution in [0.25, 0.3) is 0 Å². The lowest BCUT2D eigenvalue weighted by atomic mass is 9.96. The van der Waals surface area contributed by atoms with Crippen LogP contribution in [0.3, 0.4) is 0 Å². The molecule has 0 N–H and O–H groups in total. The lowest BCUT2D eigenvalue weighted by molar-refractivity contribution is -0.351. The minimum atomic E-state index is -0.822. The topological polar surface area (TPSA) is 83.1 Å². The first-order valence-electron chi connectivity index (χ1n) is 13.9. The molecule has 228 valence electrons. The van der Waals surface area contributed by atoms with Crippen LogP contribution in [0.1, 0.15) is 18.1 Å². The van der Waals surface area contributed by atoms with Crippen molar-refractivity contribution in [3.05, 3.63) is 71.8 Å². The van der Waals surface area contributed by atoms with Crippen molar-refractivity contribution in [2.45, 2.75) is 80.7 Å². The van der Waals surface area contributed by atoms with Crippen molar-refractivity contribution in [1.29, 1.82) is 0 Å². The van der Waals surface area contributed by atoms with E-state index in [9.17, 15) is 0 Å². The minimum absolute atomic E-state index is 0.194.